The van der Waals surface area contributed by atoms with Crippen LogP contribution in [0, 0.1) is 0 Å². The number of aliphatic hydroxyl groups excluding tert-OH is 6. The van der Waals surface area contributed by atoms with E-state index < -0.39 is 61.5 Å². The maximum atomic E-state index is 13.1. The van der Waals surface area contributed by atoms with Gasteiger partial charge >= 0.3 is 0 Å². The molecule has 0 aromatic rings. The predicted octanol–water partition coefficient (Wildman–Crippen LogP) is 12.0. The monoisotopic (exact) mass is 914 g/mol. The second-order valence-corrected chi connectivity index (χ2v) is 19.9. The highest BCUT2D eigenvalue weighted by Gasteiger charge is 2.44. The molecule has 64 heavy (non-hydrogen) atoms. The van der Waals surface area contributed by atoms with Crippen LogP contribution in [0.25, 0.3) is 0 Å². The molecule has 10 heteroatoms. The van der Waals surface area contributed by atoms with Gasteiger partial charge < -0.3 is 45.4 Å². The molecule has 0 radical (unpaired) electrons. The zero-order chi connectivity index (χ0) is 46.7. The molecule has 0 spiro atoms. The molecule has 382 valence electrons. The molecule has 1 aliphatic heterocycles. The standard InChI is InChI=1S/C54H107NO9/c1-3-5-7-9-11-13-15-17-19-21-22-23-24-25-26-27-29-31-33-35-37-39-41-43-48(58)53(62)55-46(45-63-54-52(61)51(60)50(59)49(44-56)64-54)47(57)42-40-38-36-34-32-30-28-20-18-16-14-12-10-8-6-4-2/h46-52,54,56-61H,3-45H2,1-2H3,(H,55,62). The highest BCUT2D eigenvalue weighted by atomic mass is 16.7. The van der Waals surface area contributed by atoms with Gasteiger partial charge in [0, 0.05) is 0 Å². The van der Waals surface area contributed by atoms with Crippen LogP contribution in [-0.4, -0.2) is 98.7 Å². The molecule has 0 aromatic carbocycles. The third-order valence-corrected chi connectivity index (χ3v) is 13.8. The van der Waals surface area contributed by atoms with E-state index in [4.69, 9.17) is 9.47 Å². The average molecular weight is 914 g/mol. The van der Waals surface area contributed by atoms with Gasteiger partial charge in [0.15, 0.2) is 6.29 Å². The second kappa shape index (κ2) is 44.6. The molecule has 8 unspecified atom stereocenters. The summed E-state index contributed by atoms with van der Waals surface area (Å²) in [6.45, 7) is 3.71. The lowest BCUT2D eigenvalue weighted by Crippen LogP contribution is -2.60. The largest absolute Gasteiger partial charge is 0.394 e. The number of unbranched alkanes of at least 4 members (excludes halogenated alkanes) is 37. The predicted molar refractivity (Wildman–Crippen MR) is 264 cm³/mol. The Labute approximate surface area is 394 Å². The van der Waals surface area contributed by atoms with Gasteiger partial charge in [0.05, 0.1) is 25.4 Å². The molecular weight excluding hydrogens is 807 g/mol. The first-order chi connectivity index (χ1) is 31.3. The molecule has 1 heterocycles. The first-order valence-electron chi connectivity index (χ1n) is 27.8. The van der Waals surface area contributed by atoms with E-state index >= 15 is 0 Å². The van der Waals surface area contributed by atoms with Crippen molar-refractivity contribution in [1.29, 1.82) is 0 Å². The topological polar surface area (TPSA) is 169 Å². The molecule has 10 nitrogen and oxygen atoms in total. The van der Waals surface area contributed by atoms with Crippen LogP contribution in [0.2, 0.25) is 0 Å². The lowest BCUT2D eigenvalue weighted by molar-refractivity contribution is -0.302. The van der Waals surface area contributed by atoms with Crippen molar-refractivity contribution in [2.45, 2.75) is 326 Å². The first-order valence-corrected chi connectivity index (χ1v) is 27.8. The Bertz CT molecular complexity index is 988. The number of aliphatic hydroxyl groups is 6. The highest BCUT2D eigenvalue weighted by Crippen LogP contribution is 2.23. The summed E-state index contributed by atoms with van der Waals surface area (Å²) in [4.78, 5) is 13.1. The van der Waals surface area contributed by atoms with Crippen molar-refractivity contribution < 1.29 is 44.9 Å². The highest BCUT2D eigenvalue weighted by molar-refractivity contribution is 5.80. The lowest BCUT2D eigenvalue weighted by Gasteiger charge is -2.40. The fraction of sp³-hybridized carbons (Fsp3) is 0.981. The number of hydrogen-bond donors (Lipinski definition) is 7. The summed E-state index contributed by atoms with van der Waals surface area (Å²) in [6.07, 6.45) is 41.6. The Hall–Kier alpha value is -0.850. The number of carbonyl (C=O) groups is 1. The Balaban J connectivity index is 2.25. The summed E-state index contributed by atoms with van der Waals surface area (Å²) in [7, 11) is 0. The average Bonchev–Trinajstić information content (AvgIpc) is 3.29. The molecular formula is C54H107NO9. The Morgan fingerprint density at radius 1 is 0.469 bits per heavy atom. The van der Waals surface area contributed by atoms with Crippen LogP contribution in [-0.2, 0) is 14.3 Å². The van der Waals surface area contributed by atoms with Gasteiger partial charge in [-0.2, -0.15) is 0 Å². The van der Waals surface area contributed by atoms with Gasteiger partial charge in [0.2, 0.25) is 5.91 Å². The van der Waals surface area contributed by atoms with E-state index in [-0.39, 0.29) is 6.61 Å². The van der Waals surface area contributed by atoms with E-state index in [0.29, 0.717) is 12.8 Å². The normalized spacial score (nSPS) is 20.4. The number of nitrogens with one attached hydrogen (secondary N) is 1. The molecule has 1 rings (SSSR count). The van der Waals surface area contributed by atoms with Crippen molar-refractivity contribution in [3.63, 3.8) is 0 Å². The molecule has 0 bridgehead atoms. The number of ether oxygens (including phenoxy) is 2. The van der Waals surface area contributed by atoms with E-state index in [2.05, 4.69) is 19.2 Å². The summed E-state index contributed by atoms with van der Waals surface area (Å²) in [5.74, 6) is -0.577. The summed E-state index contributed by atoms with van der Waals surface area (Å²) in [5, 5.41) is 65.1. The van der Waals surface area contributed by atoms with Crippen molar-refractivity contribution in [3.8, 4) is 0 Å². The van der Waals surface area contributed by atoms with Gasteiger partial charge in [-0.25, -0.2) is 0 Å². The van der Waals surface area contributed by atoms with Crippen molar-refractivity contribution >= 4 is 5.91 Å². The molecule has 7 N–H and O–H groups in total. The van der Waals surface area contributed by atoms with Gasteiger partial charge in [-0.1, -0.05) is 264 Å². The van der Waals surface area contributed by atoms with Gasteiger partial charge in [-0.15, -0.1) is 0 Å². The van der Waals surface area contributed by atoms with E-state index in [1.165, 1.54) is 212 Å². The second-order valence-electron chi connectivity index (χ2n) is 19.9. The third-order valence-electron chi connectivity index (χ3n) is 13.8. The van der Waals surface area contributed by atoms with Crippen LogP contribution in [0.5, 0.6) is 0 Å². The van der Waals surface area contributed by atoms with Crippen molar-refractivity contribution in [3.05, 3.63) is 0 Å². The number of carbonyl (C=O) groups excluding carboxylic acids is 1. The quantitative estimate of drug-likeness (QED) is 0.0294. The lowest BCUT2D eigenvalue weighted by atomic mass is 9.99. The minimum atomic E-state index is -1.59. The third kappa shape index (κ3) is 33.6. The Morgan fingerprint density at radius 3 is 1.11 bits per heavy atom. The summed E-state index contributed by atoms with van der Waals surface area (Å²) >= 11 is 0. The SMILES string of the molecule is CCCCCCCCCCCCCCCCCCCCCCCCCC(O)C(=O)NC(COC1OC(CO)C(O)C(O)C1O)C(O)CCCCCCCCCCCCCCCCCC. The minimum Gasteiger partial charge on any atom is -0.394 e. The summed E-state index contributed by atoms with van der Waals surface area (Å²) in [5.41, 5.74) is 0. The molecule has 1 aliphatic rings. The Morgan fingerprint density at radius 2 is 0.781 bits per heavy atom. The van der Waals surface area contributed by atoms with Crippen molar-refractivity contribution in [1.82, 2.24) is 5.32 Å². The zero-order valence-corrected chi connectivity index (χ0v) is 41.9. The molecule has 0 saturated carbocycles. The van der Waals surface area contributed by atoms with Crippen LogP contribution in [0.3, 0.4) is 0 Å². The van der Waals surface area contributed by atoms with Gasteiger partial charge in [0.1, 0.15) is 30.5 Å². The van der Waals surface area contributed by atoms with Crippen LogP contribution in [0.1, 0.15) is 277 Å². The number of hydrogen-bond acceptors (Lipinski definition) is 9. The zero-order valence-electron chi connectivity index (χ0n) is 41.9. The first kappa shape index (κ1) is 61.2. The van der Waals surface area contributed by atoms with Crippen molar-refractivity contribution in [2.24, 2.45) is 0 Å². The number of amides is 1. The molecule has 0 aliphatic carbocycles. The van der Waals surface area contributed by atoms with Crippen LogP contribution >= 0.6 is 0 Å². The molecule has 1 fully saturated rings. The van der Waals surface area contributed by atoms with Crippen LogP contribution < -0.4 is 5.32 Å². The molecule has 1 saturated heterocycles. The van der Waals surface area contributed by atoms with E-state index in [0.717, 1.165) is 38.5 Å². The maximum absolute atomic E-state index is 13.1. The van der Waals surface area contributed by atoms with Gasteiger partial charge in [-0.3, -0.25) is 4.79 Å². The van der Waals surface area contributed by atoms with Crippen LogP contribution in [0.4, 0.5) is 0 Å². The summed E-state index contributed by atoms with van der Waals surface area (Å²) < 4.78 is 11.2. The number of rotatable bonds is 48. The van der Waals surface area contributed by atoms with Gasteiger partial charge in [-0.05, 0) is 12.8 Å². The minimum absolute atomic E-state index is 0.249. The van der Waals surface area contributed by atoms with Crippen LogP contribution in [0.15, 0.2) is 0 Å². The van der Waals surface area contributed by atoms with E-state index in [1.54, 1.807) is 0 Å². The van der Waals surface area contributed by atoms with Crippen molar-refractivity contribution in [2.75, 3.05) is 13.2 Å². The molecule has 1 amide bonds. The fourth-order valence-corrected chi connectivity index (χ4v) is 9.29. The van der Waals surface area contributed by atoms with E-state index in [9.17, 15) is 35.4 Å². The van der Waals surface area contributed by atoms with Gasteiger partial charge in [0.25, 0.3) is 0 Å². The Kier molecular flexibility index (Phi) is 42.7. The maximum Gasteiger partial charge on any atom is 0.249 e. The summed E-state index contributed by atoms with van der Waals surface area (Å²) in [6, 6.07) is -0.889. The smallest absolute Gasteiger partial charge is 0.249 e. The van der Waals surface area contributed by atoms with E-state index in [1.807, 2.05) is 0 Å². The molecule has 8 atom stereocenters. The fourth-order valence-electron chi connectivity index (χ4n) is 9.29. The molecule has 0 aromatic heterocycles.